The van der Waals surface area contributed by atoms with Crippen molar-refractivity contribution >= 4 is 17.4 Å². The number of aromatic hydroxyl groups is 3. The summed E-state index contributed by atoms with van der Waals surface area (Å²) in [6, 6.07) is 17.6. The minimum Gasteiger partial charge on any atom is -0.508 e. The second-order valence-corrected chi connectivity index (χ2v) is 8.37. The van der Waals surface area contributed by atoms with Crippen molar-refractivity contribution in [3.05, 3.63) is 83.4 Å². The van der Waals surface area contributed by atoms with Crippen LogP contribution in [0, 0.1) is 0 Å². The molecule has 2 aliphatic heterocycles. The van der Waals surface area contributed by atoms with Crippen LogP contribution in [0.25, 0.3) is 0 Å². The largest absolute Gasteiger partial charge is 0.508 e. The van der Waals surface area contributed by atoms with Gasteiger partial charge in [0.2, 0.25) is 0 Å². The van der Waals surface area contributed by atoms with Crippen LogP contribution in [0.4, 0.5) is 5.69 Å². The maximum absolute atomic E-state index is 14.3. The predicted octanol–water partition coefficient (Wildman–Crippen LogP) is 3.11. The quantitative estimate of drug-likeness (QED) is 0.376. The molecule has 1 amide bonds. The van der Waals surface area contributed by atoms with Crippen LogP contribution in [0.2, 0.25) is 0 Å². The fraction of sp³-hybridized carbons (Fsp3) is 0.200. The zero-order chi connectivity index (χ0) is 22.7. The molecule has 32 heavy (non-hydrogen) atoms. The number of hydrogen-bond donors (Lipinski definition) is 4. The number of phenolic OH excluding ortho intramolecular Hbond substituents is 3. The number of likely N-dealkylation sites (N-methyl/N-ethyl adjacent to an activating group) is 1. The van der Waals surface area contributed by atoms with Crippen LogP contribution in [0.15, 0.2) is 66.7 Å². The van der Waals surface area contributed by atoms with E-state index in [1.807, 2.05) is 23.1 Å². The minimum atomic E-state index is -1.42. The molecule has 1 fully saturated rings. The lowest BCUT2D eigenvalue weighted by atomic mass is 9.59. The van der Waals surface area contributed by atoms with Gasteiger partial charge in [-0.05, 0) is 49.4 Å². The summed E-state index contributed by atoms with van der Waals surface area (Å²) in [6.45, 7) is 0.438. The zero-order valence-corrected chi connectivity index (χ0v) is 17.4. The molecule has 3 aromatic carbocycles. The third-order valence-electron chi connectivity index (χ3n) is 6.87. The van der Waals surface area contributed by atoms with Crippen LogP contribution in [0.3, 0.4) is 0 Å². The summed E-state index contributed by atoms with van der Waals surface area (Å²) in [5, 5.41) is 33.2. The van der Waals surface area contributed by atoms with Gasteiger partial charge in [-0.25, -0.2) is 0 Å². The first kappa shape index (κ1) is 20.1. The lowest BCUT2D eigenvalue weighted by Gasteiger charge is -2.44. The molecule has 1 spiro atoms. The highest BCUT2D eigenvalue weighted by Crippen LogP contribution is 2.59. The molecule has 162 valence electrons. The summed E-state index contributed by atoms with van der Waals surface area (Å²) >= 11 is 0. The van der Waals surface area contributed by atoms with E-state index in [0.29, 0.717) is 29.8 Å². The average molecular weight is 430 g/mol. The van der Waals surface area contributed by atoms with Crippen LogP contribution in [0.5, 0.6) is 17.2 Å². The number of nitrogens with zero attached hydrogens (tertiary/aromatic N) is 1. The van der Waals surface area contributed by atoms with Crippen LogP contribution < -0.4 is 5.32 Å². The molecule has 3 aromatic rings. The van der Waals surface area contributed by atoms with E-state index in [9.17, 15) is 24.9 Å². The van der Waals surface area contributed by atoms with Gasteiger partial charge in [0.15, 0.2) is 17.3 Å². The van der Waals surface area contributed by atoms with Gasteiger partial charge in [-0.1, -0.05) is 36.4 Å². The number of nitrogens with one attached hydrogen (secondary N) is 1. The minimum absolute atomic E-state index is 0.0590. The summed E-state index contributed by atoms with van der Waals surface area (Å²) in [5.41, 5.74) is -0.831. The Kier molecular flexibility index (Phi) is 4.29. The molecule has 0 bridgehead atoms. The first-order chi connectivity index (χ1) is 15.3. The number of ketones is 1. The lowest BCUT2D eigenvalue weighted by Crippen LogP contribution is -2.60. The number of amides is 1. The van der Waals surface area contributed by atoms with E-state index in [1.165, 1.54) is 24.3 Å². The molecule has 4 N–H and O–H groups in total. The molecular weight excluding hydrogens is 408 g/mol. The van der Waals surface area contributed by atoms with E-state index in [1.54, 1.807) is 31.3 Å². The van der Waals surface area contributed by atoms with Crippen LogP contribution in [0.1, 0.15) is 27.9 Å². The van der Waals surface area contributed by atoms with Gasteiger partial charge in [0.1, 0.15) is 11.3 Å². The van der Waals surface area contributed by atoms with E-state index in [0.717, 1.165) is 0 Å². The number of anilines is 1. The van der Waals surface area contributed by atoms with Crippen molar-refractivity contribution in [2.75, 3.05) is 18.9 Å². The van der Waals surface area contributed by atoms with Gasteiger partial charge < -0.3 is 20.6 Å². The first-order valence-electron chi connectivity index (χ1n) is 10.3. The Morgan fingerprint density at radius 1 is 0.969 bits per heavy atom. The zero-order valence-electron chi connectivity index (χ0n) is 17.4. The molecular formula is C25H22N2O5. The second-order valence-electron chi connectivity index (χ2n) is 8.37. The monoisotopic (exact) mass is 430 g/mol. The molecule has 1 saturated heterocycles. The maximum Gasteiger partial charge on any atom is 0.251 e. The van der Waals surface area contributed by atoms with Gasteiger partial charge in [0.05, 0.1) is 5.41 Å². The highest BCUT2D eigenvalue weighted by Gasteiger charge is 2.70. The summed E-state index contributed by atoms with van der Waals surface area (Å²) in [7, 11) is 1.81. The molecule has 2 unspecified atom stereocenters. The molecule has 2 atom stereocenters. The van der Waals surface area contributed by atoms with Crippen molar-refractivity contribution in [2.45, 2.75) is 17.4 Å². The Bertz CT molecular complexity index is 1270. The number of likely N-dealkylation sites (tertiary alicyclic amines) is 1. The number of hydrogen-bond acceptors (Lipinski definition) is 6. The molecule has 2 heterocycles. The van der Waals surface area contributed by atoms with E-state index < -0.39 is 11.0 Å². The van der Waals surface area contributed by atoms with E-state index >= 15 is 0 Å². The molecule has 2 aliphatic rings. The Morgan fingerprint density at radius 2 is 1.75 bits per heavy atom. The van der Waals surface area contributed by atoms with Crippen LogP contribution >= 0.6 is 0 Å². The molecule has 0 radical (unpaired) electrons. The summed E-state index contributed by atoms with van der Waals surface area (Å²) in [6.07, 6.45) is 0.296. The fourth-order valence-corrected chi connectivity index (χ4v) is 5.50. The number of fused-ring (bicyclic) bond motifs is 2. The molecule has 7 heteroatoms. The molecule has 0 aliphatic carbocycles. The Hall–Kier alpha value is -3.84. The molecule has 0 saturated carbocycles. The summed E-state index contributed by atoms with van der Waals surface area (Å²) in [5.74, 6) is -1.43. The number of Topliss-reactive ketones (excluding diaryl/α,β-unsaturated/α-hetero) is 1. The van der Waals surface area contributed by atoms with Crippen molar-refractivity contribution in [1.29, 1.82) is 0 Å². The smallest absolute Gasteiger partial charge is 0.251 e. The summed E-state index contributed by atoms with van der Waals surface area (Å²) < 4.78 is 0. The fourth-order valence-electron chi connectivity index (χ4n) is 5.50. The van der Waals surface area contributed by atoms with Crippen molar-refractivity contribution in [3.8, 4) is 17.2 Å². The van der Waals surface area contributed by atoms with Gasteiger partial charge in [-0.3, -0.25) is 14.5 Å². The van der Waals surface area contributed by atoms with Crippen molar-refractivity contribution in [3.63, 3.8) is 0 Å². The summed E-state index contributed by atoms with van der Waals surface area (Å²) in [4.78, 5) is 29.9. The normalized spacial score (nSPS) is 24.5. The maximum atomic E-state index is 14.3. The first-order valence-corrected chi connectivity index (χ1v) is 10.3. The lowest BCUT2D eigenvalue weighted by molar-refractivity contribution is -0.127. The van der Waals surface area contributed by atoms with E-state index in [-0.39, 0.29) is 34.5 Å². The standard InChI is InChI=1S/C25H22N2O5/c1-27-12-11-24(16-9-10-20(29)21(30)14-16,22(31)15-5-4-6-17(28)13-15)25(27)18-7-2-3-8-19(18)26-23(25)32/h2-10,13-14,28-30H,11-12H2,1H3,(H,26,32). The molecule has 0 aromatic heterocycles. The second kappa shape index (κ2) is 6.83. The van der Waals surface area contributed by atoms with Gasteiger partial charge in [0, 0.05) is 23.4 Å². The predicted molar refractivity (Wildman–Crippen MR) is 118 cm³/mol. The van der Waals surface area contributed by atoms with E-state index in [2.05, 4.69) is 5.32 Å². The number of carbonyl (C=O) groups excluding carboxylic acids is 2. The van der Waals surface area contributed by atoms with Crippen molar-refractivity contribution in [2.24, 2.45) is 0 Å². The molecule has 5 rings (SSSR count). The number of phenols is 3. The average Bonchev–Trinajstić information content (AvgIpc) is 3.26. The van der Waals surface area contributed by atoms with E-state index in [4.69, 9.17) is 0 Å². The molecule has 7 nitrogen and oxygen atoms in total. The van der Waals surface area contributed by atoms with Crippen LogP contribution in [-0.4, -0.2) is 45.5 Å². The van der Waals surface area contributed by atoms with Gasteiger partial charge in [-0.2, -0.15) is 0 Å². The van der Waals surface area contributed by atoms with Crippen LogP contribution in [-0.2, 0) is 15.7 Å². The highest BCUT2D eigenvalue weighted by molar-refractivity contribution is 6.16. The Morgan fingerprint density at radius 3 is 2.50 bits per heavy atom. The number of rotatable bonds is 3. The SMILES string of the molecule is CN1CCC(C(=O)c2cccc(O)c2)(c2ccc(O)c(O)c2)C12C(=O)Nc1ccccc12. The number of para-hydroxylation sites is 1. The third-order valence-corrected chi connectivity index (χ3v) is 6.87. The van der Waals surface area contributed by atoms with Gasteiger partial charge in [-0.15, -0.1) is 0 Å². The Balaban J connectivity index is 1.87. The van der Waals surface area contributed by atoms with Crippen molar-refractivity contribution in [1.82, 2.24) is 4.90 Å². The number of carbonyl (C=O) groups is 2. The van der Waals surface area contributed by atoms with Gasteiger partial charge in [0.25, 0.3) is 5.91 Å². The topological polar surface area (TPSA) is 110 Å². The Labute approximate surface area is 184 Å². The van der Waals surface area contributed by atoms with Crippen molar-refractivity contribution < 1.29 is 24.9 Å². The number of benzene rings is 3. The third kappa shape index (κ3) is 2.39. The highest BCUT2D eigenvalue weighted by atomic mass is 16.3. The van der Waals surface area contributed by atoms with Gasteiger partial charge >= 0.3 is 0 Å².